The minimum Gasteiger partial charge on any atom is -0.388 e. The summed E-state index contributed by atoms with van der Waals surface area (Å²) in [6.45, 7) is 0.219. The highest BCUT2D eigenvalue weighted by Gasteiger charge is 2.38. The number of hydrogen-bond acceptors (Lipinski definition) is 3. The fourth-order valence-corrected chi connectivity index (χ4v) is 3.02. The minimum absolute atomic E-state index is 0.108. The number of β-amino-alcohol motifs (C(OH)–C–C–N with tert-alkyl or cyclic N) is 1. The molecule has 2 amide bonds. The Hall–Kier alpha value is -2.09. The van der Waals surface area contributed by atoms with Gasteiger partial charge in [-0.3, -0.25) is 9.59 Å². The number of nitrogens with zero attached hydrogens (tertiary/aromatic N) is 1. The fourth-order valence-electron chi connectivity index (χ4n) is 3.02. The van der Waals surface area contributed by atoms with Crippen LogP contribution in [0.15, 0.2) is 24.3 Å². The third-order valence-corrected chi connectivity index (χ3v) is 4.08. The normalized spacial score (nSPS) is 21.6. The molecule has 1 atom stereocenters. The molecule has 0 radical (unpaired) electrons. The zero-order valence-electron chi connectivity index (χ0n) is 13.0. The van der Waals surface area contributed by atoms with E-state index in [1.807, 2.05) is 0 Å². The number of aliphatic hydroxyl groups is 1. The molecule has 0 aromatic heterocycles. The molecule has 0 aliphatic carbocycles. The summed E-state index contributed by atoms with van der Waals surface area (Å²) in [7, 11) is 0. The van der Waals surface area contributed by atoms with Gasteiger partial charge in [-0.1, -0.05) is 18.2 Å². The largest absolute Gasteiger partial charge is 0.416 e. The van der Waals surface area contributed by atoms with Crippen molar-refractivity contribution in [3.63, 3.8) is 0 Å². The number of benzene rings is 1. The van der Waals surface area contributed by atoms with Gasteiger partial charge in [0.05, 0.1) is 24.0 Å². The third kappa shape index (κ3) is 4.47. The van der Waals surface area contributed by atoms with Crippen LogP contribution < -0.4 is 5.73 Å². The van der Waals surface area contributed by atoms with Gasteiger partial charge in [-0.25, -0.2) is 0 Å². The molecule has 1 aromatic carbocycles. The first-order valence-corrected chi connectivity index (χ1v) is 7.54. The Labute approximate surface area is 137 Å². The lowest BCUT2D eigenvalue weighted by molar-refractivity contribution is -0.142. The van der Waals surface area contributed by atoms with Crippen LogP contribution >= 0.6 is 0 Å². The van der Waals surface area contributed by atoms with Crippen molar-refractivity contribution >= 4 is 11.8 Å². The Bertz CT molecular complexity index is 633. The smallest absolute Gasteiger partial charge is 0.388 e. The van der Waals surface area contributed by atoms with Crippen molar-refractivity contribution < 1.29 is 27.9 Å². The van der Waals surface area contributed by atoms with E-state index in [0.717, 1.165) is 6.07 Å². The van der Waals surface area contributed by atoms with Crippen LogP contribution in [-0.2, 0) is 22.2 Å². The summed E-state index contributed by atoms with van der Waals surface area (Å²) in [5.41, 5.74) is 2.72. The van der Waals surface area contributed by atoms with Gasteiger partial charge in [0, 0.05) is 13.1 Å². The van der Waals surface area contributed by atoms with Crippen LogP contribution in [0, 0.1) is 0 Å². The van der Waals surface area contributed by atoms with Gasteiger partial charge < -0.3 is 15.7 Å². The number of amides is 2. The maximum Gasteiger partial charge on any atom is 0.416 e. The lowest BCUT2D eigenvalue weighted by Crippen LogP contribution is -2.52. The summed E-state index contributed by atoms with van der Waals surface area (Å²) >= 11 is 0. The number of nitrogens with two attached hydrogens (primary N) is 1. The number of rotatable bonds is 4. The van der Waals surface area contributed by atoms with Crippen LogP contribution in [-0.4, -0.2) is 40.5 Å². The van der Waals surface area contributed by atoms with Crippen molar-refractivity contribution in [1.29, 1.82) is 0 Å². The van der Waals surface area contributed by atoms with E-state index in [9.17, 15) is 27.9 Å². The molecule has 0 spiro atoms. The Morgan fingerprint density at radius 1 is 1.29 bits per heavy atom. The SMILES string of the molecule is NC(=O)CC1(O)CCCN(C(=O)Cc2ccccc2C(F)(F)F)C1. The van der Waals surface area contributed by atoms with Crippen LogP contribution in [0.25, 0.3) is 0 Å². The first-order valence-electron chi connectivity index (χ1n) is 7.54. The average molecular weight is 344 g/mol. The molecule has 1 unspecified atom stereocenters. The molecule has 1 fully saturated rings. The highest BCUT2D eigenvalue weighted by molar-refractivity contribution is 5.80. The van der Waals surface area contributed by atoms with Gasteiger partial charge in [0.25, 0.3) is 0 Å². The summed E-state index contributed by atoms with van der Waals surface area (Å²) in [6, 6.07) is 4.91. The number of piperidine rings is 1. The van der Waals surface area contributed by atoms with E-state index >= 15 is 0 Å². The van der Waals surface area contributed by atoms with E-state index in [1.54, 1.807) is 0 Å². The number of hydrogen-bond donors (Lipinski definition) is 2. The summed E-state index contributed by atoms with van der Waals surface area (Å²) in [5.74, 6) is -1.21. The second-order valence-corrected chi connectivity index (χ2v) is 6.12. The van der Waals surface area contributed by atoms with Gasteiger partial charge in [-0.2, -0.15) is 13.2 Å². The van der Waals surface area contributed by atoms with Gasteiger partial charge in [0.15, 0.2) is 0 Å². The van der Waals surface area contributed by atoms with Crippen LogP contribution in [0.2, 0.25) is 0 Å². The second kappa shape index (κ2) is 6.80. The summed E-state index contributed by atoms with van der Waals surface area (Å²) in [6.07, 6.45) is -4.46. The quantitative estimate of drug-likeness (QED) is 0.868. The van der Waals surface area contributed by atoms with Crippen molar-refractivity contribution in [2.24, 2.45) is 5.73 Å². The molecule has 1 saturated heterocycles. The van der Waals surface area contributed by atoms with Crippen LogP contribution in [0.5, 0.6) is 0 Å². The summed E-state index contributed by atoms with van der Waals surface area (Å²) < 4.78 is 39.0. The van der Waals surface area contributed by atoms with Crippen molar-refractivity contribution in [2.45, 2.75) is 37.5 Å². The van der Waals surface area contributed by atoms with Crippen molar-refractivity contribution in [3.8, 4) is 0 Å². The number of alkyl halides is 3. The molecule has 0 bridgehead atoms. The van der Waals surface area contributed by atoms with Gasteiger partial charge in [-0.05, 0) is 24.5 Å². The van der Waals surface area contributed by atoms with E-state index in [1.165, 1.54) is 23.1 Å². The van der Waals surface area contributed by atoms with Gasteiger partial charge >= 0.3 is 6.18 Å². The fraction of sp³-hybridized carbons (Fsp3) is 0.500. The Kier molecular flexibility index (Phi) is 5.17. The Morgan fingerprint density at radius 3 is 2.58 bits per heavy atom. The standard InChI is InChI=1S/C16H19F3N2O3/c17-16(18,19)12-5-2-1-4-11(12)8-14(23)21-7-3-6-15(24,10-21)9-13(20)22/h1-2,4-5,24H,3,6-10H2,(H2,20,22). The molecule has 2 rings (SSSR count). The number of likely N-dealkylation sites (tertiary alicyclic amines) is 1. The molecule has 1 heterocycles. The molecular weight excluding hydrogens is 325 g/mol. The molecule has 1 aliphatic rings. The van der Waals surface area contributed by atoms with Crippen LogP contribution in [0.1, 0.15) is 30.4 Å². The average Bonchev–Trinajstić information content (AvgIpc) is 2.45. The molecule has 5 nitrogen and oxygen atoms in total. The topological polar surface area (TPSA) is 83.6 Å². The highest BCUT2D eigenvalue weighted by atomic mass is 19.4. The number of carbonyl (C=O) groups excluding carboxylic acids is 2. The minimum atomic E-state index is -4.54. The monoisotopic (exact) mass is 344 g/mol. The molecular formula is C16H19F3N2O3. The van der Waals surface area contributed by atoms with E-state index in [2.05, 4.69) is 0 Å². The van der Waals surface area contributed by atoms with Gasteiger partial charge in [0.1, 0.15) is 0 Å². The number of carbonyl (C=O) groups is 2. The van der Waals surface area contributed by atoms with E-state index < -0.39 is 35.6 Å². The second-order valence-electron chi connectivity index (χ2n) is 6.12. The molecule has 1 aromatic rings. The predicted octanol–water partition coefficient (Wildman–Crippen LogP) is 1.48. The number of halogens is 3. The Balaban J connectivity index is 2.12. The highest BCUT2D eigenvalue weighted by Crippen LogP contribution is 2.32. The maximum absolute atomic E-state index is 13.0. The van der Waals surface area contributed by atoms with Crippen LogP contribution in [0.3, 0.4) is 0 Å². The third-order valence-electron chi connectivity index (χ3n) is 4.08. The first kappa shape index (κ1) is 18.3. The first-order chi connectivity index (χ1) is 11.1. The van der Waals surface area contributed by atoms with Gasteiger partial charge in [-0.15, -0.1) is 0 Å². The molecule has 24 heavy (non-hydrogen) atoms. The maximum atomic E-state index is 13.0. The van der Waals surface area contributed by atoms with E-state index in [-0.39, 0.29) is 18.5 Å². The van der Waals surface area contributed by atoms with Crippen molar-refractivity contribution in [1.82, 2.24) is 4.90 Å². The van der Waals surface area contributed by atoms with Crippen molar-refractivity contribution in [3.05, 3.63) is 35.4 Å². The van der Waals surface area contributed by atoms with E-state index in [4.69, 9.17) is 5.73 Å². The lowest BCUT2D eigenvalue weighted by Gasteiger charge is -2.38. The summed E-state index contributed by atoms with van der Waals surface area (Å²) in [5, 5.41) is 10.3. The van der Waals surface area contributed by atoms with E-state index in [0.29, 0.717) is 19.4 Å². The number of primary amides is 1. The molecule has 0 saturated carbocycles. The molecule has 132 valence electrons. The molecule has 1 aliphatic heterocycles. The van der Waals surface area contributed by atoms with Crippen molar-refractivity contribution in [2.75, 3.05) is 13.1 Å². The molecule has 8 heteroatoms. The Morgan fingerprint density at radius 2 is 1.96 bits per heavy atom. The zero-order valence-corrected chi connectivity index (χ0v) is 13.0. The van der Waals surface area contributed by atoms with Gasteiger partial charge in [0.2, 0.25) is 11.8 Å². The zero-order chi connectivity index (χ0) is 18.0. The summed E-state index contributed by atoms with van der Waals surface area (Å²) in [4.78, 5) is 24.7. The lowest BCUT2D eigenvalue weighted by atomic mass is 9.89. The predicted molar refractivity (Wildman–Crippen MR) is 79.7 cm³/mol. The molecule has 3 N–H and O–H groups in total. The van der Waals surface area contributed by atoms with Crippen LogP contribution in [0.4, 0.5) is 13.2 Å².